The fourth-order valence-corrected chi connectivity index (χ4v) is 3.73. The minimum Gasteiger partial charge on any atom is -0.317 e. The van der Waals surface area contributed by atoms with Gasteiger partial charge in [-0.2, -0.15) is 0 Å². The SMILES string of the molecule is Cc1ccc(C(=O)C2CCCN2C2CCNCC2)cc1C. The van der Waals surface area contributed by atoms with Crippen molar-refractivity contribution in [3.05, 3.63) is 34.9 Å². The summed E-state index contributed by atoms with van der Waals surface area (Å²) in [6.07, 6.45) is 4.54. The van der Waals surface area contributed by atoms with Gasteiger partial charge >= 0.3 is 0 Å². The lowest BCUT2D eigenvalue weighted by molar-refractivity contribution is 0.0783. The first-order valence-electron chi connectivity index (χ1n) is 8.25. The van der Waals surface area contributed by atoms with Gasteiger partial charge in [0.05, 0.1) is 6.04 Å². The second-order valence-electron chi connectivity index (χ2n) is 6.54. The maximum Gasteiger partial charge on any atom is 0.179 e. The third-order valence-corrected chi connectivity index (χ3v) is 5.17. The molecule has 2 aliphatic rings. The number of benzene rings is 1. The normalized spacial score (nSPS) is 24.4. The Morgan fingerprint density at radius 3 is 2.62 bits per heavy atom. The lowest BCUT2D eigenvalue weighted by Gasteiger charge is -2.35. The molecule has 21 heavy (non-hydrogen) atoms. The Kier molecular flexibility index (Phi) is 4.41. The van der Waals surface area contributed by atoms with E-state index in [1.54, 1.807) is 0 Å². The summed E-state index contributed by atoms with van der Waals surface area (Å²) in [5.41, 5.74) is 3.37. The van der Waals surface area contributed by atoms with Crippen LogP contribution in [0.4, 0.5) is 0 Å². The Labute approximate surface area is 127 Å². The van der Waals surface area contributed by atoms with E-state index in [9.17, 15) is 4.79 Å². The van der Waals surface area contributed by atoms with Crippen molar-refractivity contribution in [2.75, 3.05) is 19.6 Å². The molecule has 0 bridgehead atoms. The van der Waals surface area contributed by atoms with Gasteiger partial charge in [0.15, 0.2) is 5.78 Å². The number of carbonyl (C=O) groups excluding carboxylic acids is 1. The van der Waals surface area contributed by atoms with E-state index in [0.29, 0.717) is 11.8 Å². The molecule has 1 unspecified atom stereocenters. The summed E-state index contributed by atoms with van der Waals surface area (Å²) < 4.78 is 0. The molecular weight excluding hydrogens is 260 g/mol. The zero-order valence-electron chi connectivity index (χ0n) is 13.2. The Bertz CT molecular complexity index is 520. The van der Waals surface area contributed by atoms with E-state index >= 15 is 0 Å². The average molecular weight is 286 g/mol. The van der Waals surface area contributed by atoms with E-state index in [2.05, 4.69) is 36.2 Å². The van der Waals surface area contributed by atoms with Gasteiger partial charge in [-0.15, -0.1) is 0 Å². The van der Waals surface area contributed by atoms with E-state index in [4.69, 9.17) is 0 Å². The van der Waals surface area contributed by atoms with Crippen molar-refractivity contribution in [3.63, 3.8) is 0 Å². The van der Waals surface area contributed by atoms with Crippen LogP contribution in [-0.2, 0) is 0 Å². The highest BCUT2D eigenvalue weighted by molar-refractivity contribution is 6.00. The highest BCUT2D eigenvalue weighted by atomic mass is 16.1. The first-order chi connectivity index (χ1) is 10.2. The van der Waals surface area contributed by atoms with Gasteiger partial charge in [-0.1, -0.05) is 12.1 Å². The predicted octanol–water partition coefficient (Wildman–Crippen LogP) is 2.70. The highest BCUT2D eigenvalue weighted by Gasteiger charge is 2.35. The van der Waals surface area contributed by atoms with E-state index in [1.165, 1.54) is 24.0 Å². The molecule has 0 spiro atoms. The summed E-state index contributed by atoms with van der Waals surface area (Å²) in [7, 11) is 0. The van der Waals surface area contributed by atoms with Crippen LogP contribution in [0.15, 0.2) is 18.2 Å². The van der Waals surface area contributed by atoms with Gasteiger partial charge < -0.3 is 5.32 Å². The van der Waals surface area contributed by atoms with Crippen molar-refractivity contribution in [1.29, 1.82) is 0 Å². The smallest absolute Gasteiger partial charge is 0.179 e. The zero-order valence-corrected chi connectivity index (χ0v) is 13.2. The summed E-state index contributed by atoms with van der Waals surface area (Å²) in [5.74, 6) is 0.328. The summed E-state index contributed by atoms with van der Waals surface area (Å²) in [5, 5.41) is 3.42. The number of Topliss-reactive ketones (excluding diaryl/α,β-unsaturated/α-hetero) is 1. The van der Waals surface area contributed by atoms with Crippen LogP contribution in [0.1, 0.15) is 47.2 Å². The molecule has 3 rings (SSSR count). The second-order valence-corrected chi connectivity index (χ2v) is 6.54. The molecule has 2 saturated heterocycles. The average Bonchev–Trinajstić information content (AvgIpc) is 2.99. The fraction of sp³-hybridized carbons (Fsp3) is 0.611. The molecule has 0 aliphatic carbocycles. The maximum absolute atomic E-state index is 12.9. The van der Waals surface area contributed by atoms with Crippen molar-refractivity contribution in [2.45, 2.75) is 51.6 Å². The van der Waals surface area contributed by atoms with Crippen molar-refractivity contribution >= 4 is 5.78 Å². The molecule has 3 heteroatoms. The van der Waals surface area contributed by atoms with Crippen molar-refractivity contribution < 1.29 is 4.79 Å². The molecule has 2 fully saturated rings. The highest BCUT2D eigenvalue weighted by Crippen LogP contribution is 2.27. The molecular formula is C18H26N2O. The minimum atomic E-state index is 0.107. The van der Waals surface area contributed by atoms with Crippen LogP contribution in [0.25, 0.3) is 0 Å². The number of likely N-dealkylation sites (tertiary alicyclic amines) is 1. The number of rotatable bonds is 3. The molecule has 3 nitrogen and oxygen atoms in total. The van der Waals surface area contributed by atoms with Gasteiger partial charge in [-0.3, -0.25) is 9.69 Å². The molecule has 1 N–H and O–H groups in total. The standard InChI is InChI=1S/C18H26N2O/c1-13-5-6-15(12-14(13)2)18(21)17-4-3-11-20(17)16-7-9-19-10-8-16/h5-6,12,16-17,19H,3-4,7-11H2,1-2H3. The molecule has 0 amide bonds. The number of piperidine rings is 1. The number of nitrogens with zero attached hydrogens (tertiary/aromatic N) is 1. The lowest BCUT2D eigenvalue weighted by atomic mass is 9.96. The molecule has 2 heterocycles. The molecule has 0 saturated carbocycles. The number of ketones is 1. The van der Waals surface area contributed by atoms with Crippen molar-refractivity contribution in [3.8, 4) is 0 Å². The minimum absolute atomic E-state index is 0.107. The summed E-state index contributed by atoms with van der Waals surface area (Å²) >= 11 is 0. The molecule has 2 aliphatic heterocycles. The summed E-state index contributed by atoms with van der Waals surface area (Å²) in [4.78, 5) is 15.4. The van der Waals surface area contributed by atoms with Gasteiger partial charge in [0.25, 0.3) is 0 Å². The van der Waals surface area contributed by atoms with Gasteiger partial charge in [-0.25, -0.2) is 0 Å². The summed E-state index contributed by atoms with van der Waals surface area (Å²) in [6.45, 7) is 7.45. The van der Waals surface area contributed by atoms with Crippen LogP contribution in [0.2, 0.25) is 0 Å². The quantitative estimate of drug-likeness (QED) is 0.867. The molecule has 114 valence electrons. The van der Waals surface area contributed by atoms with E-state index < -0.39 is 0 Å². The van der Waals surface area contributed by atoms with Crippen LogP contribution < -0.4 is 5.32 Å². The molecule has 0 aromatic heterocycles. The van der Waals surface area contributed by atoms with Crippen LogP contribution in [0, 0.1) is 13.8 Å². The topological polar surface area (TPSA) is 32.3 Å². The van der Waals surface area contributed by atoms with Crippen LogP contribution in [0.5, 0.6) is 0 Å². The van der Waals surface area contributed by atoms with E-state index in [1.807, 2.05) is 6.07 Å². The first kappa shape index (κ1) is 14.7. The first-order valence-corrected chi connectivity index (χ1v) is 8.25. The maximum atomic E-state index is 12.9. The number of carbonyl (C=O) groups is 1. The number of aryl methyl sites for hydroxylation is 2. The molecule has 0 radical (unpaired) electrons. The Morgan fingerprint density at radius 2 is 1.90 bits per heavy atom. The van der Waals surface area contributed by atoms with Crippen LogP contribution in [-0.4, -0.2) is 42.4 Å². The monoisotopic (exact) mass is 286 g/mol. The van der Waals surface area contributed by atoms with Gasteiger partial charge in [0, 0.05) is 11.6 Å². The second kappa shape index (κ2) is 6.29. The predicted molar refractivity (Wildman–Crippen MR) is 85.9 cm³/mol. The van der Waals surface area contributed by atoms with Gasteiger partial charge in [0.2, 0.25) is 0 Å². The van der Waals surface area contributed by atoms with Crippen LogP contribution in [0.3, 0.4) is 0 Å². The Morgan fingerprint density at radius 1 is 1.14 bits per heavy atom. The fourth-order valence-electron chi connectivity index (χ4n) is 3.73. The Hall–Kier alpha value is -1.19. The van der Waals surface area contributed by atoms with E-state index in [-0.39, 0.29) is 6.04 Å². The summed E-state index contributed by atoms with van der Waals surface area (Å²) in [6, 6.07) is 6.84. The third kappa shape index (κ3) is 3.04. The number of hydrogen-bond donors (Lipinski definition) is 1. The molecule has 1 atom stereocenters. The van der Waals surface area contributed by atoms with Gasteiger partial charge in [0.1, 0.15) is 0 Å². The van der Waals surface area contributed by atoms with Crippen LogP contribution >= 0.6 is 0 Å². The molecule has 1 aromatic rings. The van der Waals surface area contributed by atoms with Gasteiger partial charge in [-0.05, 0) is 76.4 Å². The number of nitrogens with one attached hydrogen (secondary N) is 1. The third-order valence-electron chi connectivity index (χ3n) is 5.17. The lowest BCUT2D eigenvalue weighted by Crippen LogP contribution is -2.47. The zero-order chi connectivity index (χ0) is 14.8. The van der Waals surface area contributed by atoms with Crippen molar-refractivity contribution in [1.82, 2.24) is 10.2 Å². The van der Waals surface area contributed by atoms with E-state index in [0.717, 1.165) is 38.0 Å². The Balaban J connectivity index is 1.77. The largest absolute Gasteiger partial charge is 0.317 e. The number of hydrogen-bond acceptors (Lipinski definition) is 3. The molecule has 1 aromatic carbocycles. The van der Waals surface area contributed by atoms with Crippen molar-refractivity contribution in [2.24, 2.45) is 0 Å².